The van der Waals surface area contributed by atoms with Gasteiger partial charge in [0.2, 0.25) is 11.8 Å². The highest BCUT2D eigenvalue weighted by molar-refractivity contribution is 5.85. The van der Waals surface area contributed by atoms with Crippen molar-refractivity contribution in [2.75, 3.05) is 20.2 Å². The Labute approximate surface area is 145 Å². The number of piperidine rings is 1. The second kappa shape index (κ2) is 10.3. The van der Waals surface area contributed by atoms with Crippen LogP contribution in [-0.2, 0) is 19.1 Å². The molecule has 1 aliphatic heterocycles. The molecule has 1 heterocycles. The first-order chi connectivity index (χ1) is 11.3. The monoisotopic (exact) mass is 340 g/mol. The van der Waals surface area contributed by atoms with Crippen molar-refractivity contribution in [3.05, 3.63) is 0 Å². The minimum Gasteiger partial charge on any atom is -0.467 e. The molecule has 6 nitrogen and oxygen atoms in total. The fraction of sp³-hybridized carbons (Fsp3) is 0.833. The van der Waals surface area contributed by atoms with Gasteiger partial charge in [-0.3, -0.25) is 9.59 Å². The smallest absolute Gasteiger partial charge is 0.328 e. The molecule has 0 unspecified atom stereocenters. The number of hydrogen-bond acceptors (Lipinski definition) is 4. The van der Waals surface area contributed by atoms with E-state index in [9.17, 15) is 14.4 Å². The van der Waals surface area contributed by atoms with Crippen LogP contribution in [0.15, 0.2) is 0 Å². The first kappa shape index (κ1) is 20.5. The summed E-state index contributed by atoms with van der Waals surface area (Å²) in [6.07, 6.45) is 4.48. The van der Waals surface area contributed by atoms with Crippen LogP contribution in [0.1, 0.15) is 59.3 Å². The third-order valence-electron chi connectivity index (χ3n) is 4.29. The predicted molar refractivity (Wildman–Crippen MR) is 92.2 cm³/mol. The Balaban J connectivity index is 2.43. The molecular weight excluding hydrogens is 308 g/mol. The Morgan fingerprint density at radius 1 is 1.04 bits per heavy atom. The van der Waals surface area contributed by atoms with E-state index in [0.29, 0.717) is 12.8 Å². The van der Waals surface area contributed by atoms with Crippen molar-refractivity contribution in [1.82, 2.24) is 10.2 Å². The summed E-state index contributed by atoms with van der Waals surface area (Å²) in [4.78, 5) is 38.1. The standard InChI is InChI=1S/C18H32N2O4/c1-13(2)10-15(18(23)24-4)19-16(21)11-14(3)12-17(22)20-8-6-5-7-9-20/h13-15H,5-12H2,1-4H3,(H,19,21)/t14-,15-/m0/s1. The van der Waals surface area contributed by atoms with E-state index in [1.165, 1.54) is 13.5 Å². The van der Waals surface area contributed by atoms with Crippen LogP contribution in [0.2, 0.25) is 0 Å². The maximum Gasteiger partial charge on any atom is 0.328 e. The van der Waals surface area contributed by atoms with Gasteiger partial charge in [0.25, 0.3) is 0 Å². The average molecular weight is 340 g/mol. The zero-order valence-corrected chi connectivity index (χ0v) is 15.5. The summed E-state index contributed by atoms with van der Waals surface area (Å²) in [6.45, 7) is 7.54. The van der Waals surface area contributed by atoms with Gasteiger partial charge in [-0.2, -0.15) is 0 Å². The van der Waals surface area contributed by atoms with E-state index in [1.807, 2.05) is 25.7 Å². The molecule has 0 aromatic carbocycles. The van der Waals surface area contributed by atoms with E-state index in [4.69, 9.17) is 4.74 Å². The van der Waals surface area contributed by atoms with Crippen molar-refractivity contribution < 1.29 is 19.1 Å². The second-order valence-corrected chi connectivity index (χ2v) is 7.23. The molecule has 0 aromatic rings. The minimum atomic E-state index is -0.618. The summed E-state index contributed by atoms with van der Waals surface area (Å²) >= 11 is 0. The number of methoxy groups -OCH3 is 1. The van der Waals surface area contributed by atoms with E-state index in [0.717, 1.165) is 25.9 Å². The Hall–Kier alpha value is -1.59. The van der Waals surface area contributed by atoms with Gasteiger partial charge in [-0.05, 0) is 37.5 Å². The summed E-state index contributed by atoms with van der Waals surface area (Å²) in [5.74, 6) is -0.273. The zero-order valence-electron chi connectivity index (χ0n) is 15.5. The van der Waals surface area contributed by atoms with Crippen LogP contribution < -0.4 is 5.32 Å². The molecule has 0 spiro atoms. The lowest BCUT2D eigenvalue weighted by Crippen LogP contribution is -2.43. The zero-order chi connectivity index (χ0) is 18.1. The topological polar surface area (TPSA) is 75.7 Å². The number of nitrogens with one attached hydrogen (secondary N) is 1. The maximum absolute atomic E-state index is 12.2. The molecular formula is C18H32N2O4. The fourth-order valence-corrected chi connectivity index (χ4v) is 3.04. The molecule has 1 fully saturated rings. The van der Waals surface area contributed by atoms with Crippen molar-refractivity contribution >= 4 is 17.8 Å². The second-order valence-electron chi connectivity index (χ2n) is 7.23. The third kappa shape index (κ3) is 7.32. The van der Waals surface area contributed by atoms with Crippen LogP contribution in [0, 0.1) is 11.8 Å². The van der Waals surface area contributed by atoms with Crippen molar-refractivity contribution in [1.29, 1.82) is 0 Å². The molecule has 2 amide bonds. The van der Waals surface area contributed by atoms with Crippen LogP contribution in [0.25, 0.3) is 0 Å². The van der Waals surface area contributed by atoms with Crippen LogP contribution in [0.4, 0.5) is 0 Å². The minimum absolute atomic E-state index is 0.0447. The molecule has 0 aliphatic carbocycles. The molecule has 138 valence electrons. The highest BCUT2D eigenvalue weighted by atomic mass is 16.5. The van der Waals surface area contributed by atoms with Gasteiger partial charge in [0, 0.05) is 25.9 Å². The van der Waals surface area contributed by atoms with Gasteiger partial charge >= 0.3 is 5.97 Å². The van der Waals surface area contributed by atoms with Crippen LogP contribution >= 0.6 is 0 Å². The van der Waals surface area contributed by atoms with E-state index in [2.05, 4.69) is 5.32 Å². The molecule has 1 N–H and O–H groups in total. The molecule has 1 saturated heterocycles. The Morgan fingerprint density at radius 3 is 2.21 bits per heavy atom. The summed E-state index contributed by atoms with van der Waals surface area (Å²) < 4.78 is 4.75. The Bertz CT molecular complexity index is 431. The molecule has 0 saturated carbocycles. The van der Waals surface area contributed by atoms with E-state index in [1.54, 1.807) is 0 Å². The summed E-state index contributed by atoms with van der Waals surface area (Å²) in [6, 6.07) is -0.618. The Kier molecular flexibility index (Phi) is 8.79. The summed E-state index contributed by atoms with van der Waals surface area (Å²) in [7, 11) is 1.32. The van der Waals surface area contributed by atoms with Gasteiger partial charge in [0.05, 0.1) is 7.11 Å². The maximum atomic E-state index is 12.2. The van der Waals surface area contributed by atoms with E-state index < -0.39 is 12.0 Å². The van der Waals surface area contributed by atoms with Crippen molar-refractivity contribution in [3.8, 4) is 0 Å². The highest BCUT2D eigenvalue weighted by Crippen LogP contribution is 2.15. The lowest BCUT2D eigenvalue weighted by molar-refractivity contribution is -0.145. The average Bonchev–Trinajstić information content (AvgIpc) is 2.53. The quantitative estimate of drug-likeness (QED) is 0.687. The normalized spacial score (nSPS) is 17.3. The van der Waals surface area contributed by atoms with Crippen molar-refractivity contribution in [2.45, 2.75) is 65.3 Å². The number of rotatable bonds is 8. The van der Waals surface area contributed by atoms with Crippen LogP contribution in [-0.4, -0.2) is 48.9 Å². The SMILES string of the molecule is COC(=O)[C@H](CC(C)C)NC(=O)C[C@H](C)CC(=O)N1CCCCC1. The fourth-order valence-electron chi connectivity index (χ4n) is 3.04. The van der Waals surface area contributed by atoms with Gasteiger partial charge in [0.15, 0.2) is 0 Å². The number of hydrogen-bond donors (Lipinski definition) is 1. The molecule has 1 aliphatic rings. The molecule has 0 bridgehead atoms. The largest absolute Gasteiger partial charge is 0.467 e. The number of ether oxygens (including phenoxy) is 1. The number of amides is 2. The van der Waals surface area contributed by atoms with Crippen molar-refractivity contribution in [3.63, 3.8) is 0 Å². The molecule has 6 heteroatoms. The number of carbonyl (C=O) groups excluding carboxylic acids is 3. The van der Waals surface area contributed by atoms with Gasteiger partial charge in [-0.15, -0.1) is 0 Å². The molecule has 1 rings (SSSR count). The lowest BCUT2D eigenvalue weighted by Gasteiger charge is -2.28. The summed E-state index contributed by atoms with van der Waals surface area (Å²) in [5.41, 5.74) is 0. The lowest BCUT2D eigenvalue weighted by atomic mass is 10.00. The number of esters is 1. The molecule has 0 radical (unpaired) electrons. The highest BCUT2D eigenvalue weighted by Gasteiger charge is 2.24. The molecule has 0 aromatic heterocycles. The Morgan fingerprint density at radius 2 is 1.67 bits per heavy atom. The van der Waals surface area contributed by atoms with E-state index >= 15 is 0 Å². The van der Waals surface area contributed by atoms with Gasteiger partial charge in [-0.25, -0.2) is 4.79 Å². The van der Waals surface area contributed by atoms with Crippen molar-refractivity contribution in [2.24, 2.45) is 11.8 Å². The number of carbonyl (C=O) groups is 3. The predicted octanol–water partition coefficient (Wildman–Crippen LogP) is 2.12. The van der Waals surface area contributed by atoms with Gasteiger partial charge in [0.1, 0.15) is 6.04 Å². The van der Waals surface area contributed by atoms with Crippen LogP contribution in [0.3, 0.4) is 0 Å². The van der Waals surface area contributed by atoms with Crippen LogP contribution in [0.5, 0.6) is 0 Å². The first-order valence-electron chi connectivity index (χ1n) is 8.98. The van der Waals surface area contributed by atoms with Gasteiger partial charge < -0.3 is 15.0 Å². The van der Waals surface area contributed by atoms with E-state index in [-0.39, 0.29) is 30.1 Å². The van der Waals surface area contributed by atoms with Gasteiger partial charge in [-0.1, -0.05) is 20.8 Å². The number of nitrogens with zero attached hydrogens (tertiary/aromatic N) is 1. The number of likely N-dealkylation sites (tertiary alicyclic amines) is 1. The molecule has 24 heavy (non-hydrogen) atoms. The first-order valence-corrected chi connectivity index (χ1v) is 8.98. The third-order valence-corrected chi connectivity index (χ3v) is 4.29. The summed E-state index contributed by atoms with van der Waals surface area (Å²) in [5, 5.41) is 2.74. The molecule has 2 atom stereocenters.